The molecule has 1 aromatic rings. The summed E-state index contributed by atoms with van der Waals surface area (Å²) < 4.78 is 0. The first-order valence-corrected chi connectivity index (χ1v) is 8.60. The van der Waals surface area contributed by atoms with Gasteiger partial charge < -0.3 is 11.1 Å². The average Bonchev–Trinajstić information content (AvgIpc) is 2.83. The summed E-state index contributed by atoms with van der Waals surface area (Å²) in [5.41, 5.74) is 7.05. The Bertz CT molecular complexity index is 466. The second kappa shape index (κ2) is 9.67. The second-order valence-corrected chi connectivity index (χ2v) is 7.16. The normalized spacial score (nSPS) is 17.5. The van der Waals surface area contributed by atoms with Gasteiger partial charge in [0.2, 0.25) is 0 Å². The highest BCUT2D eigenvalue weighted by molar-refractivity contribution is 14.0. The van der Waals surface area contributed by atoms with E-state index in [4.69, 9.17) is 5.73 Å². The van der Waals surface area contributed by atoms with E-state index in [0.717, 1.165) is 31.2 Å². The fourth-order valence-electron chi connectivity index (χ4n) is 2.61. The number of aryl methyl sites for hydroxylation is 1. The Morgan fingerprint density at radius 3 is 2.73 bits per heavy atom. The van der Waals surface area contributed by atoms with Gasteiger partial charge in [0.25, 0.3) is 0 Å². The Hall–Kier alpha value is -0.410. The fourth-order valence-corrected chi connectivity index (χ4v) is 3.21. The van der Waals surface area contributed by atoms with E-state index >= 15 is 0 Å². The zero-order valence-corrected chi connectivity index (χ0v) is 16.9. The lowest BCUT2D eigenvalue weighted by molar-refractivity contribution is 0.179. The molecule has 7 heteroatoms. The third-order valence-corrected chi connectivity index (χ3v) is 4.54. The number of nitrogens with one attached hydrogen (secondary N) is 1. The number of rotatable bonds is 5. The number of nitrogens with two attached hydrogens (primary N) is 1. The van der Waals surface area contributed by atoms with Crippen LogP contribution >= 0.6 is 35.3 Å². The van der Waals surface area contributed by atoms with Gasteiger partial charge in [-0.25, -0.2) is 4.98 Å². The molecule has 1 aromatic heterocycles. The van der Waals surface area contributed by atoms with Crippen molar-refractivity contribution >= 4 is 41.3 Å². The maximum Gasteiger partial charge on any atom is 0.188 e. The maximum atomic E-state index is 5.84. The Morgan fingerprint density at radius 2 is 2.18 bits per heavy atom. The van der Waals surface area contributed by atoms with Crippen molar-refractivity contribution in [3.05, 3.63) is 16.1 Å². The van der Waals surface area contributed by atoms with Crippen molar-refractivity contribution < 1.29 is 0 Å². The van der Waals surface area contributed by atoms with E-state index in [0.29, 0.717) is 17.9 Å². The van der Waals surface area contributed by atoms with E-state index in [1.54, 1.807) is 11.3 Å². The molecule has 126 valence electrons. The van der Waals surface area contributed by atoms with Crippen LogP contribution in [0.25, 0.3) is 0 Å². The van der Waals surface area contributed by atoms with Crippen molar-refractivity contribution in [1.29, 1.82) is 0 Å². The van der Waals surface area contributed by atoms with Crippen LogP contribution < -0.4 is 11.1 Å². The smallest absolute Gasteiger partial charge is 0.188 e. The van der Waals surface area contributed by atoms with E-state index < -0.39 is 0 Å². The van der Waals surface area contributed by atoms with Crippen LogP contribution in [0.15, 0.2) is 10.4 Å². The van der Waals surface area contributed by atoms with Gasteiger partial charge in [-0.2, -0.15) is 0 Å². The first kappa shape index (κ1) is 19.6. The summed E-state index contributed by atoms with van der Waals surface area (Å²) in [5, 5.41) is 6.46. The lowest BCUT2D eigenvalue weighted by Crippen LogP contribution is -2.38. The number of nitrogens with zero attached hydrogens (tertiary/aromatic N) is 3. The molecule has 2 heterocycles. The van der Waals surface area contributed by atoms with E-state index in [-0.39, 0.29) is 24.0 Å². The maximum absolute atomic E-state index is 5.84. The molecule has 1 saturated heterocycles. The SMILES string of the molecule is Cc1nc(CN2CCC(CN=C(N)NC(C)C)CC2)cs1.I. The Morgan fingerprint density at radius 1 is 1.50 bits per heavy atom. The third-order valence-electron chi connectivity index (χ3n) is 3.72. The summed E-state index contributed by atoms with van der Waals surface area (Å²) in [7, 11) is 0. The lowest BCUT2D eigenvalue weighted by atomic mass is 9.97. The minimum Gasteiger partial charge on any atom is -0.370 e. The van der Waals surface area contributed by atoms with E-state index in [9.17, 15) is 0 Å². The van der Waals surface area contributed by atoms with Gasteiger partial charge in [-0.15, -0.1) is 35.3 Å². The van der Waals surface area contributed by atoms with Gasteiger partial charge in [0.15, 0.2) is 5.96 Å². The van der Waals surface area contributed by atoms with Crippen LogP contribution in [0.5, 0.6) is 0 Å². The quantitative estimate of drug-likeness (QED) is 0.422. The van der Waals surface area contributed by atoms with Gasteiger partial charge in [0, 0.05) is 24.5 Å². The van der Waals surface area contributed by atoms with E-state index in [1.807, 2.05) is 0 Å². The summed E-state index contributed by atoms with van der Waals surface area (Å²) in [6.45, 7) is 10.3. The Kier molecular flexibility index (Phi) is 8.63. The minimum absolute atomic E-state index is 0. The van der Waals surface area contributed by atoms with Crippen molar-refractivity contribution in [3.63, 3.8) is 0 Å². The van der Waals surface area contributed by atoms with Crippen molar-refractivity contribution in [1.82, 2.24) is 15.2 Å². The highest BCUT2D eigenvalue weighted by Gasteiger charge is 2.19. The van der Waals surface area contributed by atoms with Crippen LogP contribution in [0.4, 0.5) is 0 Å². The van der Waals surface area contributed by atoms with Gasteiger partial charge in [0.05, 0.1) is 10.7 Å². The average molecular weight is 437 g/mol. The lowest BCUT2D eigenvalue weighted by Gasteiger charge is -2.30. The first-order valence-electron chi connectivity index (χ1n) is 7.72. The number of aromatic nitrogens is 1. The standard InChI is InChI=1S/C15H27N5S.HI/c1-11(2)18-15(16)17-8-13-4-6-20(7-5-13)9-14-10-21-12(3)19-14;/h10-11,13H,4-9H2,1-3H3,(H3,16,17,18);1H. The van der Waals surface area contributed by atoms with Crippen LogP contribution in [-0.2, 0) is 6.54 Å². The summed E-state index contributed by atoms with van der Waals surface area (Å²) in [5.74, 6) is 1.23. The summed E-state index contributed by atoms with van der Waals surface area (Å²) in [6.07, 6.45) is 2.39. The van der Waals surface area contributed by atoms with Crippen LogP contribution in [0.1, 0.15) is 37.4 Å². The molecule has 0 aromatic carbocycles. The molecule has 0 spiro atoms. The fraction of sp³-hybridized carbons (Fsp3) is 0.733. The van der Waals surface area contributed by atoms with E-state index in [2.05, 4.69) is 46.3 Å². The van der Waals surface area contributed by atoms with E-state index in [1.165, 1.54) is 18.5 Å². The van der Waals surface area contributed by atoms with Crippen LogP contribution in [-0.4, -0.2) is 41.5 Å². The predicted octanol–water partition coefficient (Wildman–Crippen LogP) is 2.59. The molecule has 0 saturated carbocycles. The topological polar surface area (TPSA) is 66.5 Å². The molecule has 0 atom stereocenters. The molecule has 2 rings (SSSR count). The molecular formula is C15H28IN5S. The molecule has 22 heavy (non-hydrogen) atoms. The number of thiazole rings is 1. The highest BCUT2D eigenvalue weighted by Crippen LogP contribution is 2.20. The van der Waals surface area contributed by atoms with Gasteiger partial charge >= 0.3 is 0 Å². The molecule has 0 aliphatic carbocycles. The molecular weight excluding hydrogens is 409 g/mol. The number of piperidine rings is 1. The second-order valence-electron chi connectivity index (χ2n) is 6.10. The number of hydrogen-bond acceptors (Lipinski definition) is 4. The summed E-state index contributed by atoms with van der Waals surface area (Å²) >= 11 is 1.73. The molecule has 0 radical (unpaired) electrons. The van der Waals surface area contributed by atoms with Crippen LogP contribution in [0.2, 0.25) is 0 Å². The highest BCUT2D eigenvalue weighted by atomic mass is 127. The van der Waals surface area contributed by atoms with Gasteiger partial charge in [-0.05, 0) is 52.6 Å². The number of hydrogen-bond donors (Lipinski definition) is 2. The van der Waals surface area contributed by atoms with Gasteiger partial charge in [-0.1, -0.05) is 0 Å². The number of guanidine groups is 1. The van der Waals surface area contributed by atoms with Crippen molar-refractivity contribution in [3.8, 4) is 0 Å². The minimum atomic E-state index is 0. The molecule has 3 N–H and O–H groups in total. The molecule has 1 fully saturated rings. The van der Waals surface area contributed by atoms with Crippen LogP contribution in [0, 0.1) is 12.8 Å². The van der Waals surface area contributed by atoms with Crippen LogP contribution in [0.3, 0.4) is 0 Å². The number of aliphatic imine (C=N–C) groups is 1. The van der Waals surface area contributed by atoms with Crippen molar-refractivity contribution in [2.24, 2.45) is 16.6 Å². The monoisotopic (exact) mass is 437 g/mol. The zero-order chi connectivity index (χ0) is 15.2. The molecule has 0 bridgehead atoms. The molecule has 0 unspecified atom stereocenters. The van der Waals surface area contributed by atoms with Gasteiger partial charge in [0.1, 0.15) is 0 Å². The largest absolute Gasteiger partial charge is 0.370 e. The number of halogens is 1. The summed E-state index contributed by atoms with van der Waals surface area (Å²) in [4.78, 5) is 11.5. The predicted molar refractivity (Wildman–Crippen MR) is 105 cm³/mol. The third kappa shape index (κ3) is 6.78. The molecule has 5 nitrogen and oxygen atoms in total. The Balaban J connectivity index is 0.00000242. The molecule has 1 aliphatic rings. The zero-order valence-electron chi connectivity index (χ0n) is 13.7. The first-order chi connectivity index (χ1) is 10.0. The number of likely N-dealkylation sites (tertiary alicyclic amines) is 1. The Labute approximate surface area is 154 Å². The van der Waals surface area contributed by atoms with Crippen molar-refractivity contribution in [2.45, 2.75) is 46.2 Å². The molecule has 1 aliphatic heterocycles. The summed E-state index contributed by atoms with van der Waals surface area (Å²) in [6, 6.07) is 0.345. The van der Waals surface area contributed by atoms with Gasteiger partial charge in [-0.3, -0.25) is 9.89 Å². The molecule has 0 amide bonds. The van der Waals surface area contributed by atoms with Crippen molar-refractivity contribution in [2.75, 3.05) is 19.6 Å².